The molecule has 0 aliphatic heterocycles. The number of ether oxygens (including phenoxy) is 1. The molecule has 6 nitrogen and oxygen atoms in total. The first-order chi connectivity index (χ1) is 9.67. The molecule has 0 heterocycles. The van der Waals surface area contributed by atoms with Crippen molar-refractivity contribution in [1.29, 1.82) is 0 Å². The van der Waals surface area contributed by atoms with E-state index in [2.05, 4.69) is 20.7 Å². The van der Waals surface area contributed by atoms with Crippen molar-refractivity contribution in [2.75, 3.05) is 7.11 Å². The molecule has 1 rings (SSSR count). The molecule has 0 fully saturated rings. The third-order valence-electron chi connectivity index (χ3n) is 2.62. The zero-order valence-electron chi connectivity index (χ0n) is 11.4. The zero-order chi connectivity index (χ0) is 16.2. The van der Waals surface area contributed by atoms with E-state index >= 15 is 0 Å². The first-order valence-corrected chi connectivity index (χ1v) is 8.60. The topological polar surface area (TPSA) is 92.7 Å². The first-order valence-electron chi connectivity index (χ1n) is 5.94. The van der Waals surface area contributed by atoms with E-state index in [4.69, 9.17) is 21.4 Å². The maximum absolute atomic E-state index is 12.4. The molecule has 1 aromatic carbocycles. The summed E-state index contributed by atoms with van der Waals surface area (Å²) in [6.07, 6.45) is 0.0542. The van der Waals surface area contributed by atoms with Crippen LogP contribution in [0.4, 0.5) is 0 Å². The molecule has 1 atom stereocenters. The Balaban J connectivity index is 3.05. The van der Waals surface area contributed by atoms with Gasteiger partial charge in [-0.05, 0) is 41.4 Å². The van der Waals surface area contributed by atoms with Gasteiger partial charge in [0.05, 0.1) is 11.6 Å². The Kier molecular flexibility index (Phi) is 6.45. The molecule has 1 aromatic rings. The summed E-state index contributed by atoms with van der Waals surface area (Å²) < 4.78 is 32.6. The lowest BCUT2D eigenvalue weighted by molar-refractivity contribution is -0.137. The van der Waals surface area contributed by atoms with Gasteiger partial charge in [-0.1, -0.05) is 11.6 Å². The molecule has 21 heavy (non-hydrogen) atoms. The second-order valence-corrected chi connectivity index (χ2v) is 7.35. The number of aliphatic carboxylic acids is 1. The summed E-state index contributed by atoms with van der Waals surface area (Å²) in [5.41, 5.74) is 0. The minimum Gasteiger partial charge on any atom is -0.494 e. The summed E-state index contributed by atoms with van der Waals surface area (Å²) in [5.74, 6) is -0.846. The highest BCUT2D eigenvalue weighted by Gasteiger charge is 2.24. The van der Waals surface area contributed by atoms with Crippen molar-refractivity contribution in [2.24, 2.45) is 0 Å². The average Bonchev–Trinajstić information content (AvgIpc) is 2.35. The van der Waals surface area contributed by atoms with Gasteiger partial charge in [-0.2, -0.15) is 0 Å². The molecular formula is C12H15BrClNO5S. The summed E-state index contributed by atoms with van der Waals surface area (Å²) >= 11 is 9.06. The fourth-order valence-corrected chi connectivity index (χ4v) is 4.32. The standard InChI is InChI=1S/C12H15BrClNO5S/c1-7(3-4-11(16)17)15-21(18,19)10-6-8(14)5-9(13)12(10)20-2/h5-7,15H,3-4H2,1-2H3,(H,16,17). The normalized spacial score (nSPS) is 13.0. The molecule has 0 bridgehead atoms. The van der Waals surface area contributed by atoms with E-state index in [0.29, 0.717) is 4.47 Å². The van der Waals surface area contributed by atoms with Crippen LogP contribution in [0.5, 0.6) is 5.75 Å². The Morgan fingerprint density at radius 3 is 2.67 bits per heavy atom. The predicted octanol–water partition coefficient (Wildman–Crippen LogP) is 2.64. The number of carboxylic acids is 1. The van der Waals surface area contributed by atoms with Crippen LogP contribution in [0.3, 0.4) is 0 Å². The van der Waals surface area contributed by atoms with Crippen molar-refractivity contribution in [3.8, 4) is 5.75 Å². The van der Waals surface area contributed by atoms with Crippen LogP contribution in [0.1, 0.15) is 19.8 Å². The van der Waals surface area contributed by atoms with Crippen molar-refractivity contribution in [2.45, 2.75) is 30.7 Å². The first kappa shape index (κ1) is 18.2. The molecule has 1 unspecified atom stereocenters. The monoisotopic (exact) mass is 399 g/mol. The van der Waals surface area contributed by atoms with Crippen LogP contribution in [-0.4, -0.2) is 32.6 Å². The highest BCUT2D eigenvalue weighted by molar-refractivity contribution is 9.10. The van der Waals surface area contributed by atoms with Crippen LogP contribution in [0, 0.1) is 0 Å². The lowest BCUT2D eigenvalue weighted by atomic mass is 10.2. The predicted molar refractivity (Wildman–Crippen MR) is 82.4 cm³/mol. The number of halogens is 2. The molecule has 0 radical (unpaired) electrons. The number of carbonyl (C=O) groups is 1. The fraction of sp³-hybridized carbons (Fsp3) is 0.417. The molecule has 0 aromatic heterocycles. The van der Waals surface area contributed by atoms with Gasteiger partial charge in [0.1, 0.15) is 4.90 Å². The molecule has 0 amide bonds. The largest absolute Gasteiger partial charge is 0.494 e. The van der Waals surface area contributed by atoms with Crippen molar-refractivity contribution < 1.29 is 23.1 Å². The van der Waals surface area contributed by atoms with E-state index in [1.807, 2.05) is 0 Å². The van der Waals surface area contributed by atoms with Gasteiger partial charge in [0, 0.05) is 17.5 Å². The van der Waals surface area contributed by atoms with Crippen molar-refractivity contribution in [1.82, 2.24) is 4.72 Å². The maximum Gasteiger partial charge on any atom is 0.303 e. The minimum atomic E-state index is -3.88. The van der Waals surface area contributed by atoms with Crippen molar-refractivity contribution in [3.63, 3.8) is 0 Å². The van der Waals surface area contributed by atoms with Crippen LogP contribution < -0.4 is 9.46 Å². The molecule has 118 valence electrons. The molecular weight excluding hydrogens is 386 g/mol. The molecule has 0 saturated carbocycles. The Morgan fingerprint density at radius 1 is 1.52 bits per heavy atom. The van der Waals surface area contributed by atoms with E-state index in [-0.39, 0.29) is 28.5 Å². The second kappa shape index (κ2) is 7.44. The van der Waals surface area contributed by atoms with E-state index < -0.39 is 22.0 Å². The zero-order valence-corrected chi connectivity index (χ0v) is 14.5. The third-order valence-corrected chi connectivity index (χ3v) is 5.02. The number of rotatable bonds is 7. The van der Waals surface area contributed by atoms with E-state index in [1.165, 1.54) is 19.2 Å². The highest BCUT2D eigenvalue weighted by atomic mass is 79.9. The van der Waals surface area contributed by atoms with E-state index in [9.17, 15) is 13.2 Å². The van der Waals surface area contributed by atoms with Gasteiger partial charge in [-0.25, -0.2) is 13.1 Å². The lowest BCUT2D eigenvalue weighted by Crippen LogP contribution is -2.33. The van der Waals surface area contributed by atoms with Crippen molar-refractivity contribution in [3.05, 3.63) is 21.6 Å². The molecule has 0 saturated heterocycles. The van der Waals surface area contributed by atoms with Gasteiger partial charge in [0.15, 0.2) is 5.75 Å². The maximum atomic E-state index is 12.4. The lowest BCUT2D eigenvalue weighted by Gasteiger charge is -2.16. The second-order valence-electron chi connectivity index (χ2n) is 4.37. The Morgan fingerprint density at radius 2 is 2.14 bits per heavy atom. The van der Waals surface area contributed by atoms with Gasteiger partial charge in [0.2, 0.25) is 10.0 Å². The van der Waals surface area contributed by atoms with E-state index in [1.54, 1.807) is 6.92 Å². The molecule has 0 aliphatic carbocycles. The smallest absolute Gasteiger partial charge is 0.303 e. The van der Waals surface area contributed by atoms with Gasteiger partial charge >= 0.3 is 5.97 Å². The summed E-state index contributed by atoms with van der Waals surface area (Å²) in [6.45, 7) is 1.59. The Labute approximate surface area is 136 Å². The van der Waals surface area contributed by atoms with Crippen LogP contribution in [0.2, 0.25) is 5.02 Å². The number of benzene rings is 1. The SMILES string of the molecule is COc1c(Br)cc(Cl)cc1S(=O)(=O)NC(C)CCC(=O)O. The van der Waals surface area contributed by atoms with Gasteiger partial charge in [-0.3, -0.25) is 4.79 Å². The fourth-order valence-electron chi connectivity index (χ4n) is 1.66. The summed E-state index contributed by atoms with van der Waals surface area (Å²) in [5, 5.41) is 8.85. The number of hydrogen-bond acceptors (Lipinski definition) is 4. The number of sulfonamides is 1. The molecule has 9 heteroatoms. The summed E-state index contributed by atoms with van der Waals surface area (Å²) in [6, 6.07) is 2.26. The highest BCUT2D eigenvalue weighted by Crippen LogP contribution is 2.35. The average molecular weight is 401 g/mol. The van der Waals surface area contributed by atoms with Gasteiger partial charge in [0.25, 0.3) is 0 Å². The summed E-state index contributed by atoms with van der Waals surface area (Å²) in [4.78, 5) is 10.4. The van der Waals surface area contributed by atoms with Gasteiger partial charge in [-0.15, -0.1) is 0 Å². The van der Waals surface area contributed by atoms with Crippen LogP contribution in [0.15, 0.2) is 21.5 Å². The number of carboxylic acid groups (broad SMARTS) is 1. The molecule has 0 spiro atoms. The third kappa shape index (κ3) is 5.14. The number of nitrogens with one attached hydrogen (secondary N) is 1. The van der Waals surface area contributed by atoms with Gasteiger partial charge < -0.3 is 9.84 Å². The van der Waals surface area contributed by atoms with Crippen LogP contribution in [0.25, 0.3) is 0 Å². The summed E-state index contributed by atoms with van der Waals surface area (Å²) in [7, 11) is -2.53. The van der Waals surface area contributed by atoms with Crippen molar-refractivity contribution >= 4 is 43.5 Å². The van der Waals surface area contributed by atoms with Crippen LogP contribution in [-0.2, 0) is 14.8 Å². The Hall–Kier alpha value is -0.830. The molecule has 0 aliphatic rings. The Bertz CT molecular complexity index is 635. The number of hydrogen-bond donors (Lipinski definition) is 2. The quantitative estimate of drug-likeness (QED) is 0.734. The minimum absolute atomic E-state index is 0.105. The van der Waals surface area contributed by atoms with E-state index in [0.717, 1.165) is 0 Å². The van der Waals surface area contributed by atoms with Crippen LogP contribution >= 0.6 is 27.5 Å². The number of methoxy groups -OCH3 is 1. The molecule has 2 N–H and O–H groups in total.